The van der Waals surface area contributed by atoms with Crippen LogP contribution < -0.4 is 14.8 Å². The summed E-state index contributed by atoms with van der Waals surface area (Å²) < 4.78 is 59.5. The lowest BCUT2D eigenvalue weighted by atomic mass is 9.92. The molecule has 3 aromatic rings. The molecule has 0 unspecified atom stereocenters. The van der Waals surface area contributed by atoms with Crippen molar-refractivity contribution >= 4 is 6.09 Å². The molecule has 2 aliphatic heterocycles. The van der Waals surface area contributed by atoms with E-state index in [1.54, 1.807) is 4.90 Å². The number of methoxy groups -OCH3 is 1. The standard InChI is InChI=1S/C29H29F3N2O5/c1-36-25-13-12-22(39-29(30,31)32)14-21(25)15-33-26-23-17-37-18-24(23)34(27(26)20-10-6-3-7-11-20)28(35)38-16-19-8-4-2-5-9-19/h2-14,23-24,26-27,33H,15-18H2,1H3/t23-,24+,26+,27+/m1/s1. The summed E-state index contributed by atoms with van der Waals surface area (Å²) in [5.41, 5.74) is 2.29. The van der Waals surface area contributed by atoms with E-state index in [1.165, 1.54) is 25.3 Å². The van der Waals surface area contributed by atoms with Crippen LogP contribution in [0.15, 0.2) is 78.9 Å². The van der Waals surface area contributed by atoms with Crippen LogP contribution in [-0.4, -0.2) is 49.8 Å². The molecule has 5 rings (SSSR count). The second-order valence-electron chi connectivity index (χ2n) is 9.50. The summed E-state index contributed by atoms with van der Waals surface area (Å²) in [6.07, 6.45) is -5.26. The molecule has 0 bridgehead atoms. The molecular formula is C29H29F3N2O5. The van der Waals surface area contributed by atoms with Gasteiger partial charge in [0, 0.05) is 24.1 Å². The van der Waals surface area contributed by atoms with Crippen molar-refractivity contribution in [3.63, 3.8) is 0 Å². The monoisotopic (exact) mass is 542 g/mol. The van der Waals surface area contributed by atoms with E-state index in [2.05, 4.69) is 10.1 Å². The predicted molar refractivity (Wildman–Crippen MR) is 136 cm³/mol. The van der Waals surface area contributed by atoms with Gasteiger partial charge in [-0.2, -0.15) is 0 Å². The van der Waals surface area contributed by atoms with Crippen LogP contribution >= 0.6 is 0 Å². The van der Waals surface area contributed by atoms with E-state index >= 15 is 0 Å². The van der Waals surface area contributed by atoms with Crippen LogP contribution in [0.3, 0.4) is 0 Å². The quantitative estimate of drug-likeness (QED) is 0.408. The van der Waals surface area contributed by atoms with Gasteiger partial charge in [0.05, 0.1) is 32.4 Å². The van der Waals surface area contributed by atoms with Crippen molar-refractivity contribution in [2.24, 2.45) is 5.92 Å². The third-order valence-electron chi connectivity index (χ3n) is 7.12. The van der Waals surface area contributed by atoms with Gasteiger partial charge < -0.3 is 24.3 Å². The molecule has 2 saturated heterocycles. The van der Waals surface area contributed by atoms with Gasteiger partial charge in [0.2, 0.25) is 0 Å². The average molecular weight is 543 g/mol. The summed E-state index contributed by atoms with van der Waals surface area (Å²) in [7, 11) is 1.46. The van der Waals surface area contributed by atoms with Gasteiger partial charge in [-0.1, -0.05) is 60.7 Å². The molecule has 0 saturated carbocycles. The van der Waals surface area contributed by atoms with Crippen molar-refractivity contribution in [3.8, 4) is 11.5 Å². The number of halogens is 3. The van der Waals surface area contributed by atoms with E-state index in [4.69, 9.17) is 14.2 Å². The molecule has 10 heteroatoms. The molecule has 0 spiro atoms. The summed E-state index contributed by atoms with van der Waals surface area (Å²) in [5, 5.41) is 3.50. The fourth-order valence-corrected chi connectivity index (χ4v) is 5.44. The number of rotatable bonds is 8. The van der Waals surface area contributed by atoms with E-state index in [0.717, 1.165) is 11.1 Å². The summed E-state index contributed by atoms with van der Waals surface area (Å²) in [6.45, 7) is 1.12. The molecule has 2 heterocycles. The Morgan fingerprint density at radius 3 is 2.44 bits per heavy atom. The number of hydrogen-bond donors (Lipinski definition) is 1. The molecular weight excluding hydrogens is 513 g/mol. The molecule has 1 N–H and O–H groups in total. The van der Waals surface area contributed by atoms with E-state index in [9.17, 15) is 18.0 Å². The first-order chi connectivity index (χ1) is 18.8. The molecule has 0 aromatic heterocycles. The fraction of sp³-hybridized carbons (Fsp3) is 0.345. The van der Waals surface area contributed by atoms with Crippen LogP contribution in [0.1, 0.15) is 22.7 Å². The van der Waals surface area contributed by atoms with Crippen LogP contribution in [0, 0.1) is 5.92 Å². The van der Waals surface area contributed by atoms with Crippen molar-refractivity contribution in [2.75, 3.05) is 20.3 Å². The van der Waals surface area contributed by atoms with Gasteiger partial charge in [-0.15, -0.1) is 13.2 Å². The summed E-state index contributed by atoms with van der Waals surface area (Å²) in [5.74, 6) is 0.0315. The number of nitrogens with zero attached hydrogens (tertiary/aromatic N) is 1. The summed E-state index contributed by atoms with van der Waals surface area (Å²) >= 11 is 0. The zero-order valence-electron chi connectivity index (χ0n) is 21.3. The lowest BCUT2D eigenvalue weighted by Gasteiger charge is -2.31. The molecule has 0 aliphatic carbocycles. The lowest BCUT2D eigenvalue weighted by molar-refractivity contribution is -0.274. The lowest BCUT2D eigenvalue weighted by Crippen LogP contribution is -2.42. The molecule has 7 nitrogen and oxygen atoms in total. The van der Waals surface area contributed by atoms with E-state index in [1.807, 2.05) is 60.7 Å². The normalized spacial score (nSPS) is 22.4. The van der Waals surface area contributed by atoms with Gasteiger partial charge in [0.25, 0.3) is 0 Å². The summed E-state index contributed by atoms with van der Waals surface area (Å²) in [4.78, 5) is 15.3. The minimum Gasteiger partial charge on any atom is -0.496 e. The molecule has 206 valence electrons. The number of likely N-dealkylation sites (tertiary alicyclic amines) is 1. The number of carbonyl (C=O) groups excluding carboxylic acids is 1. The Balaban J connectivity index is 1.41. The number of nitrogens with one attached hydrogen (secondary N) is 1. The molecule has 4 atom stereocenters. The maximum absolute atomic E-state index is 13.5. The highest BCUT2D eigenvalue weighted by Crippen LogP contribution is 2.44. The van der Waals surface area contributed by atoms with Gasteiger partial charge in [0.15, 0.2) is 0 Å². The third kappa shape index (κ3) is 6.12. The van der Waals surface area contributed by atoms with Crippen LogP contribution in [0.5, 0.6) is 11.5 Å². The van der Waals surface area contributed by atoms with Crippen molar-refractivity contribution in [1.82, 2.24) is 10.2 Å². The average Bonchev–Trinajstić information content (AvgIpc) is 3.52. The van der Waals surface area contributed by atoms with E-state index in [-0.39, 0.29) is 42.9 Å². The second kappa shape index (κ2) is 11.5. The largest absolute Gasteiger partial charge is 0.573 e. The Morgan fingerprint density at radius 1 is 1.03 bits per heavy atom. The van der Waals surface area contributed by atoms with Gasteiger partial charge in [-0.05, 0) is 29.3 Å². The molecule has 2 fully saturated rings. The number of benzene rings is 3. The first kappa shape index (κ1) is 26.8. The highest BCUT2D eigenvalue weighted by atomic mass is 19.4. The highest BCUT2D eigenvalue weighted by molar-refractivity contribution is 5.70. The maximum atomic E-state index is 13.5. The summed E-state index contributed by atoms with van der Waals surface area (Å²) in [6, 6.07) is 22.2. The van der Waals surface area contributed by atoms with Gasteiger partial charge in [-0.3, -0.25) is 4.90 Å². The van der Waals surface area contributed by atoms with Crippen molar-refractivity contribution in [3.05, 3.63) is 95.6 Å². The minimum absolute atomic E-state index is 0.0555. The number of fused-ring (bicyclic) bond motifs is 1. The van der Waals surface area contributed by atoms with Gasteiger partial charge in [0.1, 0.15) is 18.1 Å². The van der Waals surface area contributed by atoms with Crippen molar-refractivity contribution in [2.45, 2.75) is 37.6 Å². The Bertz CT molecular complexity index is 1260. The van der Waals surface area contributed by atoms with Crippen molar-refractivity contribution < 1.29 is 36.9 Å². The van der Waals surface area contributed by atoms with Crippen molar-refractivity contribution in [1.29, 1.82) is 0 Å². The Morgan fingerprint density at radius 2 is 1.74 bits per heavy atom. The Hall–Kier alpha value is -3.76. The van der Waals surface area contributed by atoms with Crippen LogP contribution in [-0.2, 0) is 22.6 Å². The number of amides is 1. The second-order valence-corrected chi connectivity index (χ2v) is 9.50. The number of carbonyl (C=O) groups is 1. The van der Waals surface area contributed by atoms with E-state index < -0.39 is 12.5 Å². The van der Waals surface area contributed by atoms with E-state index in [0.29, 0.717) is 24.5 Å². The fourth-order valence-electron chi connectivity index (χ4n) is 5.44. The van der Waals surface area contributed by atoms with Crippen LogP contribution in [0.2, 0.25) is 0 Å². The first-order valence-corrected chi connectivity index (χ1v) is 12.6. The highest BCUT2D eigenvalue weighted by Gasteiger charge is 2.54. The Labute approximate surface area is 224 Å². The van der Waals surface area contributed by atoms with Gasteiger partial charge >= 0.3 is 12.5 Å². The topological polar surface area (TPSA) is 69.3 Å². The molecule has 0 radical (unpaired) electrons. The SMILES string of the molecule is COc1ccc(OC(F)(F)F)cc1CN[C@H]1[C@@H]2COC[C@@H]2N(C(=O)OCc2ccccc2)[C@H]1c1ccccc1. The Kier molecular flexibility index (Phi) is 7.94. The molecule has 39 heavy (non-hydrogen) atoms. The minimum atomic E-state index is -4.81. The van der Waals surface area contributed by atoms with Gasteiger partial charge in [-0.25, -0.2) is 4.79 Å². The maximum Gasteiger partial charge on any atom is 0.573 e. The smallest absolute Gasteiger partial charge is 0.496 e. The number of ether oxygens (including phenoxy) is 4. The molecule has 1 amide bonds. The molecule has 2 aliphatic rings. The predicted octanol–water partition coefficient (Wildman–Crippen LogP) is 5.46. The van der Waals surface area contributed by atoms with Crippen LogP contribution in [0.4, 0.5) is 18.0 Å². The number of hydrogen-bond acceptors (Lipinski definition) is 6. The third-order valence-corrected chi connectivity index (χ3v) is 7.12. The molecule has 3 aromatic carbocycles. The number of alkyl halides is 3. The zero-order chi connectivity index (χ0) is 27.4. The van der Waals surface area contributed by atoms with Crippen LogP contribution in [0.25, 0.3) is 0 Å². The first-order valence-electron chi connectivity index (χ1n) is 12.6. The zero-order valence-corrected chi connectivity index (χ0v) is 21.3.